The monoisotopic (exact) mass is 234 g/mol. The number of rotatable bonds is 2. The zero-order chi connectivity index (χ0) is 11.7. The van der Waals surface area contributed by atoms with Gasteiger partial charge >= 0.3 is 0 Å². The van der Waals surface area contributed by atoms with Gasteiger partial charge in [0.25, 0.3) is 0 Å². The first kappa shape index (κ1) is 11.2. The molecule has 0 spiro atoms. The maximum absolute atomic E-state index is 4.42. The Kier molecular flexibility index (Phi) is 3.14. The number of aryl methyl sites for hydroxylation is 1. The van der Waals surface area contributed by atoms with E-state index in [9.17, 15) is 0 Å². The topological polar surface area (TPSA) is 42.7 Å². The van der Waals surface area contributed by atoms with E-state index in [0.717, 1.165) is 31.2 Å². The third-order valence-electron chi connectivity index (χ3n) is 4.19. The highest BCUT2D eigenvalue weighted by Gasteiger charge is 2.22. The van der Waals surface area contributed by atoms with Gasteiger partial charge in [-0.1, -0.05) is 6.92 Å². The summed E-state index contributed by atoms with van der Waals surface area (Å²) in [7, 11) is 0. The molecule has 0 aliphatic carbocycles. The quantitative estimate of drug-likeness (QED) is 0.841. The second kappa shape index (κ2) is 4.77. The summed E-state index contributed by atoms with van der Waals surface area (Å²) in [4.78, 5) is 0. The maximum atomic E-state index is 4.42. The summed E-state index contributed by atoms with van der Waals surface area (Å²) < 4.78 is 2.39. The van der Waals surface area contributed by atoms with E-state index < -0.39 is 0 Å². The van der Waals surface area contributed by atoms with Crippen LogP contribution in [0, 0.1) is 11.8 Å². The Hall–Kier alpha value is -0.900. The van der Waals surface area contributed by atoms with Gasteiger partial charge in [-0.3, -0.25) is 0 Å². The lowest BCUT2D eigenvalue weighted by atomic mass is 9.94. The van der Waals surface area contributed by atoms with Crippen LogP contribution >= 0.6 is 0 Å². The fourth-order valence-electron chi connectivity index (χ4n) is 3.04. The van der Waals surface area contributed by atoms with E-state index in [-0.39, 0.29) is 0 Å². The predicted molar refractivity (Wildman–Crippen MR) is 66.8 cm³/mol. The highest BCUT2D eigenvalue weighted by Crippen LogP contribution is 2.23. The summed E-state index contributed by atoms with van der Waals surface area (Å²) >= 11 is 0. The number of hydrogen-bond acceptors (Lipinski definition) is 3. The van der Waals surface area contributed by atoms with Crippen LogP contribution in [0.4, 0.5) is 0 Å². The standard InChI is InChI=1S/C13H22N4/c1-10-2-3-12-15-16-13(17(12)9-10)8-11-4-6-14-7-5-11/h10-11,14H,2-9H2,1H3. The molecule has 1 unspecified atom stereocenters. The fourth-order valence-corrected chi connectivity index (χ4v) is 3.04. The third-order valence-corrected chi connectivity index (χ3v) is 4.19. The van der Waals surface area contributed by atoms with Gasteiger partial charge in [-0.05, 0) is 44.2 Å². The first-order chi connectivity index (χ1) is 8.33. The molecule has 4 nitrogen and oxygen atoms in total. The lowest BCUT2D eigenvalue weighted by Crippen LogP contribution is -2.29. The molecule has 1 saturated heterocycles. The van der Waals surface area contributed by atoms with Gasteiger partial charge in [0.2, 0.25) is 0 Å². The summed E-state index contributed by atoms with van der Waals surface area (Å²) in [6.45, 7) is 5.80. The highest BCUT2D eigenvalue weighted by molar-refractivity contribution is 5.01. The second-order valence-corrected chi connectivity index (χ2v) is 5.68. The molecule has 1 fully saturated rings. The van der Waals surface area contributed by atoms with Crippen molar-refractivity contribution in [2.24, 2.45) is 11.8 Å². The minimum absolute atomic E-state index is 0.783. The highest BCUT2D eigenvalue weighted by atomic mass is 15.3. The van der Waals surface area contributed by atoms with E-state index >= 15 is 0 Å². The molecular weight excluding hydrogens is 212 g/mol. The van der Waals surface area contributed by atoms with Crippen LogP contribution in [0.1, 0.15) is 37.8 Å². The zero-order valence-electron chi connectivity index (χ0n) is 10.7. The van der Waals surface area contributed by atoms with Crippen LogP contribution in [-0.2, 0) is 19.4 Å². The molecule has 1 aromatic rings. The van der Waals surface area contributed by atoms with Gasteiger partial charge in [0.05, 0.1) is 0 Å². The van der Waals surface area contributed by atoms with Gasteiger partial charge in [-0.15, -0.1) is 10.2 Å². The molecule has 0 radical (unpaired) electrons. The SMILES string of the molecule is CC1CCc2nnc(CC3CCNCC3)n2C1. The molecule has 0 aromatic carbocycles. The van der Waals surface area contributed by atoms with Crippen molar-refractivity contribution in [1.29, 1.82) is 0 Å². The molecule has 2 aliphatic rings. The first-order valence-corrected chi connectivity index (χ1v) is 6.94. The van der Waals surface area contributed by atoms with E-state index in [0.29, 0.717) is 0 Å². The molecule has 3 rings (SSSR count). The Morgan fingerprint density at radius 1 is 1.24 bits per heavy atom. The Morgan fingerprint density at radius 3 is 2.88 bits per heavy atom. The molecule has 2 aliphatic heterocycles. The van der Waals surface area contributed by atoms with E-state index in [1.165, 1.54) is 44.0 Å². The largest absolute Gasteiger partial charge is 0.317 e. The van der Waals surface area contributed by atoms with Crippen molar-refractivity contribution < 1.29 is 0 Å². The first-order valence-electron chi connectivity index (χ1n) is 6.94. The van der Waals surface area contributed by atoms with Crippen LogP contribution in [0.15, 0.2) is 0 Å². The Balaban J connectivity index is 1.72. The molecule has 1 N–H and O–H groups in total. The molecule has 1 aromatic heterocycles. The van der Waals surface area contributed by atoms with Crippen molar-refractivity contribution >= 4 is 0 Å². The van der Waals surface area contributed by atoms with Crippen LogP contribution in [0.3, 0.4) is 0 Å². The number of aromatic nitrogens is 3. The molecule has 0 saturated carbocycles. The third kappa shape index (κ3) is 2.37. The van der Waals surface area contributed by atoms with Gasteiger partial charge in [0.1, 0.15) is 11.6 Å². The van der Waals surface area contributed by atoms with E-state index in [1.807, 2.05) is 0 Å². The van der Waals surface area contributed by atoms with Crippen LogP contribution in [0.25, 0.3) is 0 Å². The Labute approximate surface area is 103 Å². The van der Waals surface area contributed by atoms with E-state index in [2.05, 4.69) is 27.0 Å². The average molecular weight is 234 g/mol. The van der Waals surface area contributed by atoms with E-state index in [1.54, 1.807) is 0 Å². The van der Waals surface area contributed by atoms with E-state index in [4.69, 9.17) is 0 Å². The maximum Gasteiger partial charge on any atom is 0.133 e. The molecule has 0 amide bonds. The van der Waals surface area contributed by atoms with Crippen molar-refractivity contribution in [3.05, 3.63) is 11.6 Å². The molecule has 0 bridgehead atoms. The lowest BCUT2D eigenvalue weighted by molar-refractivity contribution is 0.345. The molecule has 3 heterocycles. The number of nitrogens with one attached hydrogen (secondary N) is 1. The number of hydrogen-bond donors (Lipinski definition) is 1. The Morgan fingerprint density at radius 2 is 2.06 bits per heavy atom. The van der Waals surface area contributed by atoms with Crippen LogP contribution in [0.5, 0.6) is 0 Å². The molecule has 1 atom stereocenters. The van der Waals surface area contributed by atoms with Gasteiger partial charge in [-0.25, -0.2) is 0 Å². The molecular formula is C13H22N4. The minimum Gasteiger partial charge on any atom is -0.317 e. The van der Waals surface area contributed by atoms with Crippen LogP contribution in [0.2, 0.25) is 0 Å². The normalized spacial score (nSPS) is 25.8. The summed E-state index contributed by atoms with van der Waals surface area (Å²) in [5, 5.41) is 12.2. The summed E-state index contributed by atoms with van der Waals surface area (Å²) in [5.41, 5.74) is 0. The molecule has 17 heavy (non-hydrogen) atoms. The van der Waals surface area contributed by atoms with Crippen molar-refractivity contribution in [2.45, 2.75) is 45.6 Å². The second-order valence-electron chi connectivity index (χ2n) is 5.68. The summed E-state index contributed by atoms with van der Waals surface area (Å²) in [5.74, 6) is 4.04. The summed E-state index contributed by atoms with van der Waals surface area (Å²) in [6, 6.07) is 0. The molecule has 4 heteroatoms. The number of nitrogens with zero attached hydrogens (tertiary/aromatic N) is 3. The van der Waals surface area contributed by atoms with Crippen LogP contribution < -0.4 is 5.32 Å². The Bertz CT molecular complexity index is 379. The van der Waals surface area contributed by atoms with Gasteiger partial charge < -0.3 is 9.88 Å². The van der Waals surface area contributed by atoms with Gasteiger partial charge in [0.15, 0.2) is 0 Å². The average Bonchev–Trinajstić information content (AvgIpc) is 2.73. The van der Waals surface area contributed by atoms with Crippen molar-refractivity contribution in [3.63, 3.8) is 0 Å². The van der Waals surface area contributed by atoms with Gasteiger partial charge in [0, 0.05) is 19.4 Å². The minimum atomic E-state index is 0.783. The van der Waals surface area contributed by atoms with Crippen molar-refractivity contribution in [1.82, 2.24) is 20.1 Å². The van der Waals surface area contributed by atoms with Crippen LogP contribution in [-0.4, -0.2) is 27.9 Å². The van der Waals surface area contributed by atoms with Crippen molar-refractivity contribution in [3.8, 4) is 0 Å². The predicted octanol–water partition coefficient (Wildman–Crippen LogP) is 1.40. The van der Waals surface area contributed by atoms with Gasteiger partial charge in [-0.2, -0.15) is 0 Å². The summed E-state index contributed by atoms with van der Waals surface area (Å²) in [6.07, 6.45) is 6.09. The molecule has 94 valence electrons. The smallest absolute Gasteiger partial charge is 0.133 e. The lowest BCUT2D eigenvalue weighted by Gasteiger charge is -2.24. The fraction of sp³-hybridized carbons (Fsp3) is 0.846. The zero-order valence-corrected chi connectivity index (χ0v) is 10.7. The van der Waals surface area contributed by atoms with Crippen molar-refractivity contribution in [2.75, 3.05) is 13.1 Å². The number of fused-ring (bicyclic) bond motifs is 1. The number of piperidine rings is 1.